The van der Waals surface area contributed by atoms with Crippen molar-refractivity contribution in [1.29, 1.82) is 0 Å². The Balaban J connectivity index is 2.06. The monoisotopic (exact) mass is 263 g/mol. The van der Waals surface area contributed by atoms with Crippen LogP contribution in [0.3, 0.4) is 0 Å². The summed E-state index contributed by atoms with van der Waals surface area (Å²) in [7, 11) is 3.34. The maximum absolute atomic E-state index is 5.34. The maximum atomic E-state index is 5.34. The van der Waals surface area contributed by atoms with Crippen LogP contribution >= 0.6 is 0 Å². The van der Waals surface area contributed by atoms with E-state index < -0.39 is 0 Å². The average Bonchev–Trinajstić information content (AvgIpc) is 2.37. The minimum atomic E-state index is 0.567. The Kier molecular flexibility index (Phi) is 4.56. The van der Waals surface area contributed by atoms with Gasteiger partial charge in [-0.25, -0.2) is 0 Å². The molecule has 1 aromatic carbocycles. The zero-order chi connectivity index (χ0) is 13.8. The van der Waals surface area contributed by atoms with Gasteiger partial charge in [0.05, 0.1) is 14.2 Å². The molecule has 2 rings (SSSR count). The smallest absolute Gasteiger partial charge is 0.162 e. The van der Waals surface area contributed by atoms with Crippen molar-refractivity contribution in [3.63, 3.8) is 0 Å². The third kappa shape index (κ3) is 3.55. The molecule has 0 amide bonds. The molecule has 19 heavy (non-hydrogen) atoms. The third-order valence-electron chi connectivity index (χ3n) is 3.93. The van der Waals surface area contributed by atoms with E-state index in [9.17, 15) is 0 Å². The lowest BCUT2D eigenvalue weighted by atomic mass is 9.80. The van der Waals surface area contributed by atoms with Gasteiger partial charge in [-0.1, -0.05) is 13.8 Å². The predicted octanol–water partition coefficient (Wildman–Crippen LogP) is 3.94. The molecule has 1 saturated carbocycles. The van der Waals surface area contributed by atoms with Crippen molar-refractivity contribution in [3.8, 4) is 11.5 Å². The Bertz CT molecular complexity index is 409. The van der Waals surface area contributed by atoms with Crippen LogP contribution < -0.4 is 14.8 Å². The lowest BCUT2D eigenvalue weighted by Gasteiger charge is -2.32. The van der Waals surface area contributed by atoms with Crippen LogP contribution in [0, 0.1) is 11.8 Å². The van der Waals surface area contributed by atoms with Gasteiger partial charge in [0.25, 0.3) is 0 Å². The quantitative estimate of drug-likeness (QED) is 0.892. The fourth-order valence-electron chi connectivity index (χ4n) is 3.23. The summed E-state index contributed by atoms with van der Waals surface area (Å²) >= 11 is 0. The second-order valence-electron chi connectivity index (χ2n) is 5.83. The first-order valence-corrected chi connectivity index (χ1v) is 7.11. The largest absolute Gasteiger partial charge is 0.493 e. The molecule has 0 heterocycles. The molecule has 0 aliphatic heterocycles. The topological polar surface area (TPSA) is 30.5 Å². The number of anilines is 1. The van der Waals surface area contributed by atoms with Crippen molar-refractivity contribution in [2.45, 2.75) is 39.2 Å². The molecule has 1 N–H and O–H groups in total. The summed E-state index contributed by atoms with van der Waals surface area (Å²) in [6, 6.07) is 6.60. The van der Waals surface area contributed by atoms with Gasteiger partial charge in [0.2, 0.25) is 0 Å². The molecule has 2 unspecified atom stereocenters. The first-order chi connectivity index (χ1) is 9.12. The summed E-state index contributed by atoms with van der Waals surface area (Å²) in [6.45, 7) is 4.69. The fraction of sp³-hybridized carbons (Fsp3) is 0.625. The van der Waals surface area contributed by atoms with E-state index in [1.165, 1.54) is 19.3 Å². The number of benzene rings is 1. The first-order valence-electron chi connectivity index (χ1n) is 7.11. The second kappa shape index (κ2) is 6.18. The zero-order valence-corrected chi connectivity index (χ0v) is 12.4. The molecule has 1 aliphatic rings. The summed E-state index contributed by atoms with van der Waals surface area (Å²) in [5, 5.41) is 3.63. The predicted molar refractivity (Wildman–Crippen MR) is 79.1 cm³/mol. The maximum Gasteiger partial charge on any atom is 0.162 e. The molecule has 1 aliphatic carbocycles. The van der Waals surface area contributed by atoms with Gasteiger partial charge in [-0.15, -0.1) is 0 Å². The van der Waals surface area contributed by atoms with Crippen LogP contribution in [0.15, 0.2) is 18.2 Å². The van der Waals surface area contributed by atoms with Gasteiger partial charge in [-0.05, 0) is 43.2 Å². The molecule has 0 aromatic heterocycles. The highest BCUT2D eigenvalue weighted by atomic mass is 16.5. The standard InChI is InChI=1S/C16H25NO2/c1-11-7-12(2)9-14(8-11)17-13-5-6-15(18-3)16(10-13)19-4/h5-6,10-12,14,17H,7-9H2,1-4H3. The lowest BCUT2D eigenvalue weighted by molar-refractivity contribution is 0.280. The van der Waals surface area contributed by atoms with Crippen molar-refractivity contribution in [3.05, 3.63) is 18.2 Å². The van der Waals surface area contributed by atoms with Crippen LogP contribution in [0.2, 0.25) is 0 Å². The van der Waals surface area contributed by atoms with Crippen LogP contribution in [-0.4, -0.2) is 20.3 Å². The molecule has 0 spiro atoms. The molecule has 2 atom stereocenters. The average molecular weight is 263 g/mol. The normalized spacial score (nSPS) is 26.8. The minimum Gasteiger partial charge on any atom is -0.493 e. The van der Waals surface area contributed by atoms with Crippen molar-refractivity contribution < 1.29 is 9.47 Å². The van der Waals surface area contributed by atoms with E-state index in [0.29, 0.717) is 6.04 Å². The van der Waals surface area contributed by atoms with Crippen LogP contribution in [0.1, 0.15) is 33.1 Å². The Morgan fingerprint density at radius 2 is 1.58 bits per heavy atom. The first kappa shape index (κ1) is 14.0. The number of hydrogen-bond donors (Lipinski definition) is 1. The van der Waals surface area contributed by atoms with Crippen LogP contribution in [0.4, 0.5) is 5.69 Å². The highest BCUT2D eigenvalue weighted by molar-refractivity contribution is 5.55. The Labute approximate surface area is 116 Å². The van der Waals surface area contributed by atoms with Crippen LogP contribution in [0.5, 0.6) is 11.5 Å². The molecular weight excluding hydrogens is 238 g/mol. The van der Waals surface area contributed by atoms with Gasteiger partial charge in [0.15, 0.2) is 11.5 Å². The van der Waals surface area contributed by atoms with Gasteiger partial charge < -0.3 is 14.8 Å². The van der Waals surface area contributed by atoms with Gasteiger partial charge in [-0.3, -0.25) is 0 Å². The van der Waals surface area contributed by atoms with E-state index in [2.05, 4.69) is 25.2 Å². The van der Waals surface area contributed by atoms with E-state index in [4.69, 9.17) is 9.47 Å². The summed E-state index contributed by atoms with van der Waals surface area (Å²) in [4.78, 5) is 0. The number of nitrogens with one attached hydrogen (secondary N) is 1. The van der Waals surface area contributed by atoms with Gasteiger partial charge in [0, 0.05) is 17.8 Å². The highest BCUT2D eigenvalue weighted by Crippen LogP contribution is 2.33. The minimum absolute atomic E-state index is 0.567. The summed E-state index contributed by atoms with van der Waals surface area (Å²) < 4.78 is 10.6. The number of hydrogen-bond acceptors (Lipinski definition) is 3. The molecule has 3 nitrogen and oxygen atoms in total. The number of ether oxygens (including phenoxy) is 2. The third-order valence-corrected chi connectivity index (χ3v) is 3.93. The van der Waals surface area contributed by atoms with E-state index in [0.717, 1.165) is 29.0 Å². The van der Waals surface area contributed by atoms with Gasteiger partial charge in [-0.2, -0.15) is 0 Å². The van der Waals surface area contributed by atoms with Crippen molar-refractivity contribution in [2.75, 3.05) is 19.5 Å². The summed E-state index contributed by atoms with van der Waals surface area (Å²) in [5.74, 6) is 3.17. The molecule has 1 fully saturated rings. The van der Waals surface area contributed by atoms with Crippen molar-refractivity contribution in [1.82, 2.24) is 0 Å². The van der Waals surface area contributed by atoms with E-state index >= 15 is 0 Å². The second-order valence-corrected chi connectivity index (χ2v) is 5.83. The van der Waals surface area contributed by atoms with E-state index in [1.54, 1.807) is 14.2 Å². The molecule has 106 valence electrons. The fourth-order valence-corrected chi connectivity index (χ4v) is 3.23. The SMILES string of the molecule is COc1ccc(NC2CC(C)CC(C)C2)cc1OC. The van der Waals surface area contributed by atoms with Crippen molar-refractivity contribution in [2.24, 2.45) is 11.8 Å². The van der Waals surface area contributed by atoms with E-state index in [-0.39, 0.29) is 0 Å². The number of rotatable bonds is 4. The molecule has 0 bridgehead atoms. The number of methoxy groups -OCH3 is 2. The highest BCUT2D eigenvalue weighted by Gasteiger charge is 2.23. The van der Waals surface area contributed by atoms with Gasteiger partial charge in [0.1, 0.15) is 0 Å². The molecule has 1 aromatic rings. The molecule has 3 heteroatoms. The molecule has 0 saturated heterocycles. The Hall–Kier alpha value is -1.38. The summed E-state index contributed by atoms with van der Waals surface area (Å²) in [6.07, 6.45) is 3.85. The van der Waals surface area contributed by atoms with Crippen LogP contribution in [-0.2, 0) is 0 Å². The lowest BCUT2D eigenvalue weighted by Crippen LogP contribution is -2.30. The van der Waals surface area contributed by atoms with E-state index in [1.807, 2.05) is 12.1 Å². The Morgan fingerprint density at radius 1 is 0.947 bits per heavy atom. The Morgan fingerprint density at radius 3 is 2.16 bits per heavy atom. The summed E-state index contributed by atoms with van der Waals surface area (Å²) in [5.41, 5.74) is 1.11. The van der Waals surface area contributed by atoms with Crippen LogP contribution in [0.25, 0.3) is 0 Å². The zero-order valence-electron chi connectivity index (χ0n) is 12.4. The van der Waals surface area contributed by atoms with Crippen molar-refractivity contribution >= 4 is 5.69 Å². The van der Waals surface area contributed by atoms with Gasteiger partial charge >= 0.3 is 0 Å². The molecule has 0 radical (unpaired) electrons. The molecular formula is C16H25NO2.